The third-order valence-electron chi connectivity index (χ3n) is 3.38. The molecule has 124 valence electrons. The van der Waals surface area contributed by atoms with E-state index >= 15 is 0 Å². The second-order valence-corrected chi connectivity index (χ2v) is 4.97. The molecule has 0 amide bonds. The van der Waals surface area contributed by atoms with Gasteiger partial charge in [-0.15, -0.1) is 0 Å². The van der Waals surface area contributed by atoms with Crippen molar-refractivity contribution in [2.75, 3.05) is 13.2 Å². The van der Waals surface area contributed by atoms with E-state index in [1.807, 2.05) is 0 Å². The van der Waals surface area contributed by atoms with Crippen molar-refractivity contribution < 1.29 is 27.8 Å². The predicted octanol–water partition coefficient (Wildman–Crippen LogP) is 3.96. The molecule has 3 rings (SSSR count). The van der Waals surface area contributed by atoms with Gasteiger partial charge in [0.15, 0.2) is 17.3 Å². The molecule has 24 heavy (non-hydrogen) atoms. The van der Waals surface area contributed by atoms with Crippen LogP contribution >= 0.6 is 0 Å². The average molecular weight is 332 g/mol. The van der Waals surface area contributed by atoms with Crippen LogP contribution in [0.2, 0.25) is 0 Å². The van der Waals surface area contributed by atoms with Gasteiger partial charge in [-0.3, -0.25) is 4.79 Å². The highest BCUT2D eigenvalue weighted by Gasteiger charge is 2.14. The Morgan fingerprint density at radius 3 is 2.62 bits per heavy atom. The SMILES string of the molecule is O=C(C=Cc1ccccc1OC(F)F)c1ccc2c(c1)OCCO2. The fourth-order valence-electron chi connectivity index (χ4n) is 2.28. The van der Waals surface area contributed by atoms with Gasteiger partial charge in [0, 0.05) is 11.1 Å². The summed E-state index contributed by atoms with van der Waals surface area (Å²) in [6, 6.07) is 11.2. The van der Waals surface area contributed by atoms with E-state index in [0.29, 0.717) is 35.8 Å². The number of hydrogen-bond acceptors (Lipinski definition) is 4. The van der Waals surface area contributed by atoms with Crippen molar-refractivity contribution >= 4 is 11.9 Å². The summed E-state index contributed by atoms with van der Waals surface area (Å²) in [7, 11) is 0. The van der Waals surface area contributed by atoms with Crippen LogP contribution in [0.15, 0.2) is 48.5 Å². The van der Waals surface area contributed by atoms with E-state index < -0.39 is 6.61 Å². The summed E-state index contributed by atoms with van der Waals surface area (Å²) in [4.78, 5) is 12.3. The maximum atomic E-state index is 12.4. The number of benzene rings is 2. The van der Waals surface area contributed by atoms with Crippen LogP contribution < -0.4 is 14.2 Å². The van der Waals surface area contributed by atoms with Crippen LogP contribution in [0.3, 0.4) is 0 Å². The number of carbonyl (C=O) groups is 1. The highest BCUT2D eigenvalue weighted by atomic mass is 19.3. The van der Waals surface area contributed by atoms with Crippen LogP contribution in [0.1, 0.15) is 15.9 Å². The number of ether oxygens (including phenoxy) is 3. The Morgan fingerprint density at radius 1 is 1.08 bits per heavy atom. The van der Waals surface area contributed by atoms with Crippen LogP contribution in [0, 0.1) is 0 Å². The molecule has 1 aliphatic heterocycles. The molecule has 2 aromatic carbocycles. The number of para-hydroxylation sites is 1. The monoisotopic (exact) mass is 332 g/mol. The van der Waals surface area contributed by atoms with E-state index in [2.05, 4.69) is 4.74 Å². The predicted molar refractivity (Wildman–Crippen MR) is 83.9 cm³/mol. The first-order valence-corrected chi connectivity index (χ1v) is 7.29. The number of fused-ring (bicyclic) bond motifs is 1. The first kappa shape index (κ1) is 16.0. The molecule has 4 nitrogen and oxygen atoms in total. The first-order valence-electron chi connectivity index (χ1n) is 7.29. The van der Waals surface area contributed by atoms with Crippen molar-refractivity contribution in [3.05, 3.63) is 59.7 Å². The third kappa shape index (κ3) is 3.71. The van der Waals surface area contributed by atoms with Gasteiger partial charge in [-0.1, -0.05) is 18.2 Å². The minimum Gasteiger partial charge on any atom is -0.486 e. The largest absolute Gasteiger partial charge is 0.486 e. The summed E-state index contributed by atoms with van der Waals surface area (Å²) in [5.41, 5.74) is 0.812. The van der Waals surface area contributed by atoms with Gasteiger partial charge in [0.2, 0.25) is 0 Å². The van der Waals surface area contributed by atoms with E-state index in [1.54, 1.807) is 36.4 Å². The first-order chi connectivity index (χ1) is 11.6. The summed E-state index contributed by atoms with van der Waals surface area (Å²) in [6.45, 7) is -2.02. The highest BCUT2D eigenvalue weighted by Crippen LogP contribution is 2.31. The number of allylic oxidation sites excluding steroid dienone is 1. The Labute approximate surface area is 137 Å². The molecule has 0 bridgehead atoms. The summed E-state index contributed by atoms with van der Waals surface area (Å²) < 4.78 is 40.0. The highest BCUT2D eigenvalue weighted by molar-refractivity contribution is 6.07. The molecular weight excluding hydrogens is 318 g/mol. The molecule has 1 heterocycles. The molecular formula is C18H14F2O4. The van der Waals surface area contributed by atoms with E-state index in [4.69, 9.17) is 9.47 Å². The smallest absolute Gasteiger partial charge is 0.387 e. The summed E-state index contributed by atoms with van der Waals surface area (Å²) in [5.74, 6) is 0.844. The lowest BCUT2D eigenvalue weighted by Crippen LogP contribution is -2.15. The fraction of sp³-hybridized carbons (Fsp3) is 0.167. The van der Waals surface area contributed by atoms with Crippen molar-refractivity contribution in [3.63, 3.8) is 0 Å². The Morgan fingerprint density at radius 2 is 1.83 bits per heavy atom. The lowest BCUT2D eigenvalue weighted by Gasteiger charge is -2.18. The van der Waals surface area contributed by atoms with E-state index in [0.717, 1.165) is 0 Å². The van der Waals surface area contributed by atoms with Crippen LogP contribution in [-0.4, -0.2) is 25.6 Å². The second-order valence-electron chi connectivity index (χ2n) is 4.97. The van der Waals surface area contributed by atoms with E-state index in [9.17, 15) is 13.6 Å². The Balaban J connectivity index is 1.78. The zero-order chi connectivity index (χ0) is 16.9. The van der Waals surface area contributed by atoms with Gasteiger partial charge in [-0.05, 0) is 36.4 Å². The number of carbonyl (C=O) groups excluding carboxylic acids is 1. The van der Waals surface area contributed by atoms with Crippen molar-refractivity contribution in [1.82, 2.24) is 0 Å². The van der Waals surface area contributed by atoms with Gasteiger partial charge in [-0.25, -0.2) is 0 Å². The maximum Gasteiger partial charge on any atom is 0.387 e. The summed E-state index contributed by atoms with van der Waals surface area (Å²) in [5, 5.41) is 0. The molecule has 0 aliphatic carbocycles. The molecule has 0 aromatic heterocycles. The van der Waals surface area contributed by atoms with Crippen LogP contribution in [-0.2, 0) is 0 Å². The Hall–Kier alpha value is -2.89. The Kier molecular flexibility index (Phi) is 4.74. The van der Waals surface area contributed by atoms with Crippen molar-refractivity contribution in [2.24, 2.45) is 0 Å². The number of rotatable bonds is 5. The van der Waals surface area contributed by atoms with Crippen LogP contribution in [0.5, 0.6) is 17.2 Å². The molecule has 1 aliphatic rings. The zero-order valence-corrected chi connectivity index (χ0v) is 12.6. The van der Waals surface area contributed by atoms with E-state index in [1.165, 1.54) is 18.2 Å². The van der Waals surface area contributed by atoms with Gasteiger partial charge < -0.3 is 14.2 Å². The van der Waals surface area contributed by atoms with Crippen molar-refractivity contribution in [1.29, 1.82) is 0 Å². The fourth-order valence-corrected chi connectivity index (χ4v) is 2.28. The second kappa shape index (κ2) is 7.12. The van der Waals surface area contributed by atoms with Gasteiger partial charge in [0.25, 0.3) is 0 Å². The van der Waals surface area contributed by atoms with Crippen LogP contribution in [0.25, 0.3) is 6.08 Å². The minimum absolute atomic E-state index is 0.0127. The molecule has 0 radical (unpaired) electrons. The Bertz CT molecular complexity index is 771. The summed E-state index contributed by atoms with van der Waals surface area (Å²) in [6.07, 6.45) is 2.75. The molecule has 0 atom stereocenters. The topological polar surface area (TPSA) is 44.8 Å². The van der Waals surface area contributed by atoms with Crippen molar-refractivity contribution in [3.8, 4) is 17.2 Å². The van der Waals surface area contributed by atoms with Gasteiger partial charge in [0.05, 0.1) is 0 Å². The van der Waals surface area contributed by atoms with Crippen LogP contribution in [0.4, 0.5) is 8.78 Å². The van der Waals surface area contributed by atoms with Gasteiger partial charge >= 0.3 is 6.61 Å². The molecule has 0 fully saturated rings. The number of hydrogen-bond donors (Lipinski definition) is 0. The quantitative estimate of drug-likeness (QED) is 0.614. The van der Waals surface area contributed by atoms with Gasteiger partial charge in [-0.2, -0.15) is 8.78 Å². The van der Waals surface area contributed by atoms with E-state index in [-0.39, 0.29) is 11.5 Å². The van der Waals surface area contributed by atoms with Gasteiger partial charge in [0.1, 0.15) is 19.0 Å². The molecule has 6 heteroatoms. The lowest BCUT2D eigenvalue weighted by atomic mass is 10.1. The molecule has 0 N–H and O–H groups in total. The standard InChI is InChI=1S/C18H14F2O4/c19-18(20)24-15-4-2-1-3-12(15)5-7-14(21)13-6-8-16-17(11-13)23-10-9-22-16/h1-8,11,18H,9-10H2. The molecule has 2 aromatic rings. The number of alkyl halides is 2. The lowest BCUT2D eigenvalue weighted by molar-refractivity contribution is -0.0499. The minimum atomic E-state index is -2.92. The normalized spacial score (nSPS) is 13.3. The molecule has 0 unspecified atom stereocenters. The molecule has 0 saturated heterocycles. The zero-order valence-electron chi connectivity index (χ0n) is 12.6. The molecule has 0 spiro atoms. The third-order valence-corrected chi connectivity index (χ3v) is 3.38. The number of halogens is 2. The summed E-state index contributed by atoms with van der Waals surface area (Å²) >= 11 is 0. The molecule has 0 saturated carbocycles. The average Bonchev–Trinajstić information content (AvgIpc) is 2.60. The van der Waals surface area contributed by atoms with Crippen molar-refractivity contribution in [2.45, 2.75) is 6.61 Å². The maximum absolute atomic E-state index is 12.4. The number of ketones is 1.